The van der Waals surface area contributed by atoms with Crippen molar-refractivity contribution in [3.05, 3.63) is 70.6 Å². The Bertz CT molecular complexity index is 868. The van der Waals surface area contributed by atoms with Gasteiger partial charge in [-0.15, -0.1) is 10.2 Å². The number of nitrogens with zero attached hydrogens (tertiary/aromatic N) is 2. The fraction of sp³-hybridized carbons (Fsp3) is 0.167. The number of rotatable bonds is 6. The Balaban J connectivity index is 1.52. The van der Waals surface area contributed by atoms with Crippen molar-refractivity contribution in [2.75, 3.05) is 11.1 Å². The van der Waals surface area contributed by atoms with Crippen LogP contribution in [0.2, 0.25) is 5.02 Å². The van der Waals surface area contributed by atoms with E-state index in [0.29, 0.717) is 28.2 Å². The van der Waals surface area contributed by atoms with E-state index >= 15 is 0 Å². The Labute approximate surface area is 154 Å². The van der Waals surface area contributed by atoms with Crippen LogP contribution < -0.4 is 5.32 Å². The van der Waals surface area contributed by atoms with Gasteiger partial charge in [-0.05, 0) is 30.2 Å². The predicted octanol–water partition coefficient (Wildman–Crippen LogP) is 4.35. The Kier molecular flexibility index (Phi) is 5.73. The van der Waals surface area contributed by atoms with Crippen LogP contribution in [0.5, 0.6) is 0 Å². The maximum Gasteiger partial charge on any atom is 0.277 e. The van der Waals surface area contributed by atoms with Crippen molar-refractivity contribution in [3.8, 4) is 0 Å². The average Bonchev–Trinajstić information content (AvgIpc) is 3.04. The number of nitrogens with one attached hydrogen (secondary N) is 1. The Morgan fingerprint density at radius 2 is 2.00 bits per heavy atom. The van der Waals surface area contributed by atoms with Crippen LogP contribution in [0.3, 0.4) is 0 Å². The summed E-state index contributed by atoms with van der Waals surface area (Å²) >= 11 is 7.30. The fourth-order valence-corrected chi connectivity index (χ4v) is 3.04. The molecule has 0 unspecified atom stereocenters. The number of aryl methyl sites for hydroxylation is 1. The lowest BCUT2D eigenvalue weighted by Crippen LogP contribution is -2.14. The summed E-state index contributed by atoms with van der Waals surface area (Å²) < 4.78 is 5.56. The molecule has 0 fully saturated rings. The van der Waals surface area contributed by atoms with E-state index in [-0.39, 0.29) is 11.7 Å². The van der Waals surface area contributed by atoms with Crippen molar-refractivity contribution in [1.82, 2.24) is 10.2 Å². The van der Waals surface area contributed by atoms with Crippen LogP contribution in [0.1, 0.15) is 17.0 Å². The van der Waals surface area contributed by atoms with Crippen molar-refractivity contribution in [2.45, 2.75) is 18.6 Å². The molecule has 0 radical (unpaired) electrons. The molecule has 128 valence electrons. The quantitative estimate of drug-likeness (QED) is 0.650. The van der Waals surface area contributed by atoms with Gasteiger partial charge in [0.05, 0.1) is 22.9 Å². The second-order valence-corrected chi connectivity index (χ2v) is 6.78. The maximum absolute atomic E-state index is 12.0. The van der Waals surface area contributed by atoms with Crippen molar-refractivity contribution in [1.29, 1.82) is 0 Å². The Morgan fingerprint density at radius 3 is 2.76 bits per heavy atom. The minimum Gasteiger partial charge on any atom is -0.416 e. The van der Waals surface area contributed by atoms with Gasteiger partial charge < -0.3 is 9.73 Å². The van der Waals surface area contributed by atoms with Crippen LogP contribution in [0.4, 0.5) is 5.69 Å². The molecule has 25 heavy (non-hydrogen) atoms. The van der Waals surface area contributed by atoms with E-state index in [1.165, 1.54) is 11.8 Å². The number of thioether (sulfide) groups is 1. The summed E-state index contributed by atoms with van der Waals surface area (Å²) in [4.78, 5) is 12.0. The van der Waals surface area contributed by atoms with Crippen molar-refractivity contribution in [2.24, 2.45) is 0 Å². The molecule has 0 spiro atoms. The first-order valence-electron chi connectivity index (χ1n) is 7.65. The first-order valence-corrected chi connectivity index (χ1v) is 9.01. The molecule has 1 amide bonds. The molecule has 1 aromatic heterocycles. The zero-order valence-corrected chi connectivity index (χ0v) is 15.1. The summed E-state index contributed by atoms with van der Waals surface area (Å²) in [7, 11) is 0. The van der Waals surface area contributed by atoms with Gasteiger partial charge in [-0.1, -0.05) is 59.8 Å². The monoisotopic (exact) mass is 373 g/mol. The smallest absolute Gasteiger partial charge is 0.277 e. The van der Waals surface area contributed by atoms with Gasteiger partial charge in [0.25, 0.3) is 5.22 Å². The van der Waals surface area contributed by atoms with Gasteiger partial charge in [-0.2, -0.15) is 0 Å². The number of aromatic nitrogens is 2. The van der Waals surface area contributed by atoms with E-state index < -0.39 is 0 Å². The van der Waals surface area contributed by atoms with Gasteiger partial charge in [0.1, 0.15) is 0 Å². The highest BCUT2D eigenvalue weighted by Gasteiger charge is 2.11. The number of hydrogen-bond acceptors (Lipinski definition) is 5. The van der Waals surface area contributed by atoms with E-state index in [4.69, 9.17) is 16.0 Å². The second-order valence-electron chi connectivity index (χ2n) is 5.44. The maximum atomic E-state index is 12.0. The molecular weight excluding hydrogens is 358 g/mol. The van der Waals surface area contributed by atoms with E-state index in [1.54, 1.807) is 12.1 Å². The topological polar surface area (TPSA) is 68.0 Å². The number of anilines is 1. The van der Waals surface area contributed by atoms with E-state index in [2.05, 4.69) is 15.5 Å². The lowest BCUT2D eigenvalue weighted by Gasteiger charge is -2.06. The number of amides is 1. The minimum absolute atomic E-state index is 0.164. The molecule has 0 saturated heterocycles. The molecule has 0 aliphatic rings. The van der Waals surface area contributed by atoms with Crippen molar-refractivity contribution >= 4 is 35.0 Å². The van der Waals surface area contributed by atoms with Crippen LogP contribution in [0, 0.1) is 6.92 Å². The third kappa shape index (κ3) is 5.08. The van der Waals surface area contributed by atoms with Crippen LogP contribution in [0.25, 0.3) is 0 Å². The van der Waals surface area contributed by atoms with Gasteiger partial charge in [-0.3, -0.25) is 4.79 Å². The lowest BCUT2D eigenvalue weighted by molar-refractivity contribution is -0.113. The summed E-state index contributed by atoms with van der Waals surface area (Å²) in [6.45, 7) is 1.94. The molecule has 0 saturated carbocycles. The number of carbonyl (C=O) groups is 1. The van der Waals surface area contributed by atoms with Crippen molar-refractivity contribution in [3.63, 3.8) is 0 Å². The molecule has 3 rings (SSSR count). The number of benzene rings is 2. The molecule has 0 bridgehead atoms. The highest BCUT2D eigenvalue weighted by atomic mass is 35.5. The van der Waals surface area contributed by atoms with E-state index in [0.717, 1.165) is 11.1 Å². The predicted molar refractivity (Wildman–Crippen MR) is 99.1 cm³/mol. The van der Waals surface area contributed by atoms with Gasteiger partial charge >= 0.3 is 0 Å². The highest BCUT2D eigenvalue weighted by molar-refractivity contribution is 7.99. The molecule has 2 aromatic carbocycles. The van der Waals surface area contributed by atoms with Crippen LogP contribution in [-0.4, -0.2) is 21.9 Å². The number of carbonyl (C=O) groups excluding carboxylic acids is 1. The standard InChI is InChI=1S/C18H16ClN3O2S/c1-12-7-8-15(14(19)9-12)20-16(23)11-25-18-22-21-17(24-18)10-13-5-3-2-4-6-13/h2-9H,10-11H2,1H3,(H,20,23). The summed E-state index contributed by atoms with van der Waals surface area (Å²) in [5, 5.41) is 11.6. The summed E-state index contributed by atoms with van der Waals surface area (Å²) in [5.41, 5.74) is 2.72. The molecule has 0 atom stereocenters. The molecular formula is C18H16ClN3O2S. The minimum atomic E-state index is -0.182. The molecule has 1 heterocycles. The SMILES string of the molecule is Cc1ccc(NC(=O)CSc2nnc(Cc3ccccc3)o2)c(Cl)c1. The zero-order valence-electron chi connectivity index (χ0n) is 13.5. The van der Waals surface area contributed by atoms with E-state index in [9.17, 15) is 4.79 Å². The molecule has 5 nitrogen and oxygen atoms in total. The third-order valence-electron chi connectivity index (χ3n) is 3.37. The lowest BCUT2D eigenvalue weighted by atomic mass is 10.2. The number of hydrogen-bond donors (Lipinski definition) is 1. The van der Waals surface area contributed by atoms with Crippen LogP contribution in [-0.2, 0) is 11.2 Å². The molecule has 0 aliphatic heterocycles. The normalized spacial score (nSPS) is 10.6. The first kappa shape index (κ1) is 17.5. The molecule has 3 aromatic rings. The largest absolute Gasteiger partial charge is 0.416 e. The highest BCUT2D eigenvalue weighted by Crippen LogP contribution is 2.23. The zero-order chi connectivity index (χ0) is 17.6. The van der Waals surface area contributed by atoms with Gasteiger partial charge in [-0.25, -0.2) is 0 Å². The molecule has 1 N–H and O–H groups in total. The summed E-state index contributed by atoms with van der Waals surface area (Å²) in [6.07, 6.45) is 0.569. The average molecular weight is 374 g/mol. The Hall–Kier alpha value is -2.31. The van der Waals surface area contributed by atoms with Gasteiger partial charge in [0.2, 0.25) is 11.8 Å². The van der Waals surface area contributed by atoms with E-state index in [1.807, 2.05) is 43.3 Å². The molecule has 7 heteroatoms. The first-order chi connectivity index (χ1) is 12.1. The Morgan fingerprint density at radius 1 is 1.20 bits per heavy atom. The van der Waals surface area contributed by atoms with Gasteiger partial charge in [0.15, 0.2) is 0 Å². The van der Waals surface area contributed by atoms with Gasteiger partial charge in [0, 0.05) is 0 Å². The summed E-state index contributed by atoms with van der Waals surface area (Å²) in [5.74, 6) is 0.506. The summed E-state index contributed by atoms with van der Waals surface area (Å²) in [6, 6.07) is 15.3. The van der Waals surface area contributed by atoms with Crippen LogP contribution in [0.15, 0.2) is 58.2 Å². The third-order valence-corrected chi connectivity index (χ3v) is 4.50. The fourth-order valence-electron chi connectivity index (χ4n) is 2.17. The number of halogens is 1. The second kappa shape index (κ2) is 8.18. The van der Waals surface area contributed by atoms with Crippen molar-refractivity contribution < 1.29 is 9.21 Å². The van der Waals surface area contributed by atoms with Crippen LogP contribution >= 0.6 is 23.4 Å². The molecule has 0 aliphatic carbocycles.